The summed E-state index contributed by atoms with van der Waals surface area (Å²) >= 11 is 0. The number of methoxy groups -OCH3 is 1. The van der Waals surface area contributed by atoms with Gasteiger partial charge in [-0.25, -0.2) is 4.79 Å². The van der Waals surface area contributed by atoms with Gasteiger partial charge in [0.05, 0.1) is 0 Å². The van der Waals surface area contributed by atoms with Crippen molar-refractivity contribution in [1.29, 1.82) is 0 Å². The van der Waals surface area contributed by atoms with Crippen LogP contribution in [0, 0.1) is 0 Å². The van der Waals surface area contributed by atoms with E-state index >= 15 is 0 Å². The van der Waals surface area contributed by atoms with Crippen LogP contribution in [0.3, 0.4) is 0 Å². The fourth-order valence-electron chi connectivity index (χ4n) is 1.08. The maximum Gasteiger partial charge on any atom is 0.314 e. The molecule has 94 valence electrons. The Hall–Kier alpha value is -1.30. The van der Waals surface area contributed by atoms with Crippen molar-refractivity contribution in [3.63, 3.8) is 0 Å². The number of carbonyl (C=O) groups excluding carboxylic acids is 1. The summed E-state index contributed by atoms with van der Waals surface area (Å²) in [6.45, 7) is 1.69. The molecule has 0 aliphatic carbocycles. The second-order valence-electron chi connectivity index (χ2n) is 3.38. The van der Waals surface area contributed by atoms with E-state index in [1.165, 1.54) is 0 Å². The summed E-state index contributed by atoms with van der Waals surface area (Å²) in [6, 6.07) is -0.247. The highest BCUT2D eigenvalue weighted by atomic mass is 16.5. The second-order valence-corrected chi connectivity index (χ2v) is 3.38. The number of hydrogen-bond donors (Lipinski definition) is 3. The predicted molar refractivity (Wildman–Crippen MR) is 59.4 cm³/mol. The van der Waals surface area contributed by atoms with Gasteiger partial charge < -0.3 is 20.5 Å². The van der Waals surface area contributed by atoms with Gasteiger partial charge in [-0.1, -0.05) is 0 Å². The number of rotatable bonds is 9. The third kappa shape index (κ3) is 10.8. The number of ether oxygens (including phenoxy) is 1. The number of amides is 2. The first-order valence-electron chi connectivity index (χ1n) is 5.39. The van der Waals surface area contributed by atoms with Crippen LogP contribution >= 0.6 is 0 Å². The molecule has 2 amide bonds. The summed E-state index contributed by atoms with van der Waals surface area (Å²) in [5, 5.41) is 13.6. The first kappa shape index (κ1) is 14.7. The molecule has 0 aromatic rings. The van der Waals surface area contributed by atoms with E-state index in [0.717, 1.165) is 12.8 Å². The first-order chi connectivity index (χ1) is 7.66. The Morgan fingerprint density at radius 2 is 1.75 bits per heavy atom. The highest BCUT2D eigenvalue weighted by molar-refractivity contribution is 5.73. The number of nitrogens with one attached hydrogen (secondary N) is 2. The minimum Gasteiger partial charge on any atom is -0.481 e. The Morgan fingerprint density at radius 1 is 1.12 bits per heavy atom. The van der Waals surface area contributed by atoms with Crippen molar-refractivity contribution in [3.8, 4) is 0 Å². The van der Waals surface area contributed by atoms with Crippen molar-refractivity contribution in [2.75, 3.05) is 26.8 Å². The van der Waals surface area contributed by atoms with Gasteiger partial charge in [0.25, 0.3) is 0 Å². The molecule has 0 aromatic carbocycles. The Balaban J connectivity index is 3.21. The normalized spacial score (nSPS) is 9.81. The number of unbranched alkanes of at least 4 members (excludes halogenated alkanes) is 1. The van der Waals surface area contributed by atoms with Crippen molar-refractivity contribution < 1.29 is 19.4 Å². The van der Waals surface area contributed by atoms with Crippen LogP contribution in [-0.4, -0.2) is 43.9 Å². The number of urea groups is 1. The molecular weight excluding hydrogens is 212 g/mol. The van der Waals surface area contributed by atoms with Gasteiger partial charge in [0.1, 0.15) is 0 Å². The lowest BCUT2D eigenvalue weighted by molar-refractivity contribution is -0.137. The van der Waals surface area contributed by atoms with Gasteiger partial charge in [0, 0.05) is 33.2 Å². The Labute approximate surface area is 95.4 Å². The van der Waals surface area contributed by atoms with Crippen LogP contribution < -0.4 is 10.6 Å². The molecule has 0 heterocycles. The predicted octanol–water partition coefficient (Wildman–Crippen LogP) is 0.577. The third-order valence-corrected chi connectivity index (χ3v) is 1.91. The summed E-state index contributed by atoms with van der Waals surface area (Å²) < 4.78 is 4.87. The molecule has 6 nitrogen and oxygen atoms in total. The number of carboxylic acid groups (broad SMARTS) is 1. The van der Waals surface area contributed by atoms with Crippen LogP contribution in [0.4, 0.5) is 4.79 Å². The molecule has 0 bridgehead atoms. The van der Waals surface area contributed by atoms with E-state index in [0.29, 0.717) is 26.1 Å². The highest BCUT2D eigenvalue weighted by Crippen LogP contribution is 1.87. The fourth-order valence-corrected chi connectivity index (χ4v) is 1.08. The summed E-state index contributed by atoms with van der Waals surface area (Å²) in [7, 11) is 1.64. The van der Waals surface area contributed by atoms with Crippen LogP contribution in [0.25, 0.3) is 0 Å². The molecule has 0 aromatic heterocycles. The maximum atomic E-state index is 11.1. The standard InChI is InChI=1S/C10H20N2O4/c1-16-8-3-2-6-11-10(15)12-7-4-5-9(13)14/h2-8H2,1H3,(H,13,14)(H2,11,12,15). The van der Waals surface area contributed by atoms with E-state index in [1.807, 2.05) is 0 Å². The smallest absolute Gasteiger partial charge is 0.314 e. The second kappa shape index (κ2) is 10.2. The van der Waals surface area contributed by atoms with Crippen LogP contribution in [0.2, 0.25) is 0 Å². The number of carboxylic acids is 1. The van der Waals surface area contributed by atoms with Gasteiger partial charge in [-0.15, -0.1) is 0 Å². The van der Waals surface area contributed by atoms with Crippen molar-refractivity contribution in [1.82, 2.24) is 10.6 Å². The zero-order valence-electron chi connectivity index (χ0n) is 9.62. The SMILES string of the molecule is COCCCCNC(=O)NCCCC(=O)O. The van der Waals surface area contributed by atoms with Gasteiger partial charge in [-0.05, 0) is 19.3 Å². The lowest BCUT2D eigenvalue weighted by Gasteiger charge is -2.06. The summed E-state index contributed by atoms with van der Waals surface area (Å²) in [6.07, 6.45) is 2.31. The topological polar surface area (TPSA) is 87.7 Å². The molecule has 0 rings (SSSR count). The Bertz CT molecular complexity index is 209. The van der Waals surface area contributed by atoms with Gasteiger partial charge >= 0.3 is 12.0 Å². The summed E-state index contributed by atoms with van der Waals surface area (Å²) in [5.74, 6) is -0.846. The summed E-state index contributed by atoms with van der Waals surface area (Å²) in [4.78, 5) is 21.3. The Morgan fingerprint density at radius 3 is 2.31 bits per heavy atom. The zero-order valence-corrected chi connectivity index (χ0v) is 9.62. The molecule has 0 aliphatic heterocycles. The molecule has 0 atom stereocenters. The average molecular weight is 232 g/mol. The molecule has 0 saturated carbocycles. The zero-order chi connectivity index (χ0) is 12.2. The van der Waals surface area contributed by atoms with Crippen molar-refractivity contribution in [3.05, 3.63) is 0 Å². The minimum atomic E-state index is -0.846. The lowest BCUT2D eigenvalue weighted by atomic mass is 10.3. The number of aliphatic carboxylic acids is 1. The maximum absolute atomic E-state index is 11.1. The van der Waals surface area contributed by atoms with E-state index < -0.39 is 5.97 Å². The minimum absolute atomic E-state index is 0.0775. The van der Waals surface area contributed by atoms with Gasteiger partial charge in [-0.3, -0.25) is 4.79 Å². The van der Waals surface area contributed by atoms with Gasteiger partial charge in [0.2, 0.25) is 0 Å². The lowest BCUT2D eigenvalue weighted by Crippen LogP contribution is -2.36. The van der Waals surface area contributed by atoms with Crippen molar-refractivity contribution in [2.24, 2.45) is 0 Å². The monoisotopic (exact) mass is 232 g/mol. The number of carbonyl (C=O) groups is 2. The molecule has 3 N–H and O–H groups in total. The quantitative estimate of drug-likeness (QED) is 0.507. The average Bonchev–Trinajstić information content (AvgIpc) is 2.24. The molecule has 0 unspecified atom stereocenters. The van der Waals surface area contributed by atoms with E-state index in [1.54, 1.807) is 7.11 Å². The molecular formula is C10H20N2O4. The molecule has 16 heavy (non-hydrogen) atoms. The molecule has 6 heteroatoms. The highest BCUT2D eigenvalue weighted by Gasteiger charge is 2.00. The largest absolute Gasteiger partial charge is 0.481 e. The van der Waals surface area contributed by atoms with Gasteiger partial charge in [-0.2, -0.15) is 0 Å². The molecule has 0 saturated heterocycles. The van der Waals surface area contributed by atoms with Crippen LogP contribution in [-0.2, 0) is 9.53 Å². The molecule has 0 fully saturated rings. The van der Waals surface area contributed by atoms with Crippen LogP contribution in [0.5, 0.6) is 0 Å². The number of hydrogen-bond acceptors (Lipinski definition) is 3. The Kier molecular flexibility index (Phi) is 9.39. The van der Waals surface area contributed by atoms with E-state index in [-0.39, 0.29) is 12.5 Å². The van der Waals surface area contributed by atoms with E-state index in [9.17, 15) is 9.59 Å². The van der Waals surface area contributed by atoms with Crippen molar-refractivity contribution in [2.45, 2.75) is 25.7 Å². The molecule has 0 radical (unpaired) electrons. The van der Waals surface area contributed by atoms with Crippen LogP contribution in [0.15, 0.2) is 0 Å². The molecule has 0 aliphatic rings. The van der Waals surface area contributed by atoms with E-state index in [4.69, 9.17) is 9.84 Å². The first-order valence-corrected chi connectivity index (χ1v) is 5.39. The fraction of sp³-hybridized carbons (Fsp3) is 0.800. The van der Waals surface area contributed by atoms with E-state index in [2.05, 4.69) is 10.6 Å². The third-order valence-electron chi connectivity index (χ3n) is 1.91. The summed E-state index contributed by atoms with van der Waals surface area (Å²) in [5.41, 5.74) is 0. The molecule has 0 spiro atoms. The van der Waals surface area contributed by atoms with Crippen molar-refractivity contribution >= 4 is 12.0 Å². The van der Waals surface area contributed by atoms with Crippen LogP contribution in [0.1, 0.15) is 25.7 Å². The van der Waals surface area contributed by atoms with Gasteiger partial charge in [0.15, 0.2) is 0 Å².